The Morgan fingerprint density at radius 3 is 2.85 bits per heavy atom. The van der Waals surface area contributed by atoms with Crippen LogP contribution in [0, 0.1) is 5.92 Å². The smallest absolute Gasteiger partial charge is 0.191 e. The summed E-state index contributed by atoms with van der Waals surface area (Å²) in [5.41, 5.74) is 1.22. The van der Waals surface area contributed by atoms with Crippen molar-refractivity contribution in [2.45, 2.75) is 51.5 Å². The zero-order valence-electron chi connectivity index (χ0n) is 16.4. The molecule has 0 radical (unpaired) electrons. The molecule has 2 aromatic rings. The summed E-state index contributed by atoms with van der Waals surface area (Å²) in [5, 5.41) is 11.4. The van der Waals surface area contributed by atoms with E-state index in [9.17, 15) is 0 Å². The van der Waals surface area contributed by atoms with Crippen LogP contribution in [-0.2, 0) is 19.9 Å². The van der Waals surface area contributed by atoms with Gasteiger partial charge in [0.1, 0.15) is 5.76 Å². The molecule has 0 bridgehead atoms. The maximum absolute atomic E-state index is 5.41. The second-order valence-corrected chi connectivity index (χ2v) is 7.20. The van der Waals surface area contributed by atoms with Crippen LogP contribution in [0.4, 0.5) is 0 Å². The summed E-state index contributed by atoms with van der Waals surface area (Å²) < 4.78 is 7.33. The molecule has 2 heterocycles. The Morgan fingerprint density at radius 1 is 1.30 bits per heavy atom. The second-order valence-electron chi connectivity index (χ2n) is 7.20. The van der Waals surface area contributed by atoms with Crippen LogP contribution in [0.15, 0.2) is 40.1 Å². The van der Waals surface area contributed by atoms with Gasteiger partial charge in [0.05, 0.1) is 6.26 Å². The van der Waals surface area contributed by atoms with E-state index < -0.39 is 0 Å². The number of halogens is 1. The van der Waals surface area contributed by atoms with Gasteiger partial charge in [-0.15, -0.1) is 24.0 Å². The topological polar surface area (TPSA) is 67.4 Å². The lowest BCUT2D eigenvalue weighted by atomic mass is 9.86. The van der Waals surface area contributed by atoms with E-state index in [2.05, 4.69) is 28.7 Å². The van der Waals surface area contributed by atoms with Gasteiger partial charge < -0.3 is 15.1 Å². The first kappa shape index (κ1) is 21.8. The van der Waals surface area contributed by atoms with Crippen molar-refractivity contribution in [3.05, 3.63) is 42.1 Å². The van der Waals surface area contributed by atoms with Crippen molar-refractivity contribution < 1.29 is 4.42 Å². The Hall–Kier alpha value is -1.51. The Kier molecular flexibility index (Phi) is 9.17. The number of aliphatic imine (C=N–C) groups is 1. The highest BCUT2D eigenvalue weighted by Gasteiger charge is 2.22. The van der Waals surface area contributed by atoms with E-state index in [0.717, 1.165) is 37.7 Å². The summed E-state index contributed by atoms with van der Waals surface area (Å²) in [5.74, 6) is 2.59. The first-order chi connectivity index (χ1) is 12.7. The number of aromatic nitrogens is 2. The van der Waals surface area contributed by atoms with E-state index in [1.807, 2.05) is 30.1 Å². The number of aryl methyl sites for hydroxylation is 1. The molecule has 1 saturated carbocycles. The molecular weight excluding hydrogens is 453 g/mol. The zero-order valence-corrected chi connectivity index (χ0v) is 18.7. The number of hydrogen-bond donors (Lipinski definition) is 2. The number of rotatable bonds is 7. The minimum Gasteiger partial charge on any atom is -0.469 e. The van der Waals surface area contributed by atoms with Crippen LogP contribution in [0.2, 0.25) is 0 Å². The van der Waals surface area contributed by atoms with Gasteiger partial charge in [-0.3, -0.25) is 9.67 Å². The van der Waals surface area contributed by atoms with Gasteiger partial charge >= 0.3 is 0 Å². The molecule has 0 spiro atoms. The number of nitrogens with one attached hydrogen (secondary N) is 2. The molecule has 1 aliphatic rings. The molecule has 2 atom stereocenters. The summed E-state index contributed by atoms with van der Waals surface area (Å²) in [6.45, 7) is 3.90. The monoisotopic (exact) mass is 485 g/mol. The number of guanidine groups is 1. The maximum atomic E-state index is 5.41. The van der Waals surface area contributed by atoms with E-state index >= 15 is 0 Å². The normalized spacial score (nSPS) is 20.1. The molecule has 1 fully saturated rings. The molecule has 7 heteroatoms. The summed E-state index contributed by atoms with van der Waals surface area (Å²) >= 11 is 0. The standard InChI is InChI=1S/C20H31N5O.HI/c1-16-6-3-4-8-19(16)24-20(22-13-11-18-7-5-15-26-18)21-12-9-17-10-14-23-25(17)2;/h5,7,10,14-16,19H,3-4,6,8-9,11-13H2,1-2H3,(H2,21,22,24);1H. The molecule has 0 aliphatic heterocycles. The van der Waals surface area contributed by atoms with Crippen molar-refractivity contribution in [3.8, 4) is 0 Å². The van der Waals surface area contributed by atoms with Crippen LogP contribution < -0.4 is 10.6 Å². The highest BCUT2D eigenvalue weighted by molar-refractivity contribution is 14.0. The van der Waals surface area contributed by atoms with Gasteiger partial charge in [-0.2, -0.15) is 5.10 Å². The van der Waals surface area contributed by atoms with Gasteiger partial charge in [-0.25, -0.2) is 0 Å². The molecular formula is C20H32IN5O. The summed E-state index contributed by atoms with van der Waals surface area (Å²) in [6.07, 6.45) is 10.5. The van der Waals surface area contributed by atoms with Crippen LogP contribution in [-0.4, -0.2) is 34.9 Å². The van der Waals surface area contributed by atoms with E-state index in [4.69, 9.17) is 9.41 Å². The molecule has 3 rings (SSSR count). The molecule has 0 saturated heterocycles. The minimum atomic E-state index is 0. The molecule has 0 amide bonds. The van der Waals surface area contributed by atoms with Crippen molar-refractivity contribution >= 4 is 29.9 Å². The fourth-order valence-corrected chi connectivity index (χ4v) is 3.55. The third-order valence-electron chi connectivity index (χ3n) is 5.24. The minimum absolute atomic E-state index is 0. The van der Waals surface area contributed by atoms with Gasteiger partial charge in [0.25, 0.3) is 0 Å². The molecule has 0 aromatic carbocycles. The summed E-state index contributed by atoms with van der Waals surface area (Å²) in [7, 11) is 1.98. The summed E-state index contributed by atoms with van der Waals surface area (Å²) in [6, 6.07) is 6.50. The first-order valence-electron chi connectivity index (χ1n) is 9.76. The first-order valence-corrected chi connectivity index (χ1v) is 9.76. The van der Waals surface area contributed by atoms with E-state index in [0.29, 0.717) is 12.0 Å². The lowest BCUT2D eigenvalue weighted by Gasteiger charge is -2.31. The number of furan rings is 1. The molecule has 2 aromatic heterocycles. The second kappa shape index (κ2) is 11.4. The van der Waals surface area contributed by atoms with Gasteiger partial charge in [-0.1, -0.05) is 19.8 Å². The van der Waals surface area contributed by atoms with E-state index in [1.54, 1.807) is 6.26 Å². The highest BCUT2D eigenvalue weighted by Crippen LogP contribution is 2.23. The van der Waals surface area contributed by atoms with Gasteiger partial charge in [0.15, 0.2) is 5.96 Å². The van der Waals surface area contributed by atoms with Crippen LogP contribution in [0.25, 0.3) is 0 Å². The SMILES string of the molecule is CC1CCCCC1NC(=NCCc1ccco1)NCCc1ccnn1C.I. The van der Waals surface area contributed by atoms with Crippen molar-refractivity contribution in [1.82, 2.24) is 20.4 Å². The third-order valence-corrected chi connectivity index (χ3v) is 5.24. The van der Waals surface area contributed by atoms with Gasteiger partial charge in [0, 0.05) is 50.9 Å². The van der Waals surface area contributed by atoms with Crippen LogP contribution in [0.1, 0.15) is 44.1 Å². The van der Waals surface area contributed by atoms with Gasteiger partial charge in [0.2, 0.25) is 0 Å². The quantitative estimate of drug-likeness (QED) is 0.358. The Balaban J connectivity index is 0.00000261. The Labute approximate surface area is 179 Å². The van der Waals surface area contributed by atoms with E-state index in [1.165, 1.54) is 31.4 Å². The number of hydrogen-bond acceptors (Lipinski definition) is 3. The molecule has 27 heavy (non-hydrogen) atoms. The van der Waals surface area contributed by atoms with Crippen LogP contribution >= 0.6 is 24.0 Å². The highest BCUT2D eigenvalue weighted by atomic mass is 127. The largest absolute Gasteiger partial charge is 0.469 e. The van der Waals surface area contributed by atoms with Crippen molar-refractivity contribution in [3.63, 3.8) is 0 Å². The molecule has 150 valence electrons. The average Bonchev–Trinajstić information content (AvgIpc) is 3.29. The van der Waals surface area contributed by atoms with Crippen LogP contribution in [0.3, 0.4) is 0 Å². The Morgan fingerprint density at radius 2 is 2.15 bits per heavy atom. The predicted octanol–water partition coefficient (Wildman–Crippen LogP) is 3.53. The fourth-order valence-electron chi connectivity index (χ4n) is 3.55. The number of nitrogens with zero attached hydrogens (tertiary/aromatic N) is 3. The predicted molar refractivity (Wildman–Crippen MR) is 120 cm³/mol. The lowest BCUT2D eigenvalue weighted by Crippen LogP contribution is -2.47. The van der Waals surface area contributed by atoms with E-state index in [-0.39, 0.29) is 24.0 Å². The van der Waals surface area contributed by atoms with Gasteiger partial charge in [-0.05, 0) is 37.0 Å². The summed E-state index contributed by atoms with van der Waals surface area (Å²) in [4.78, 5) is 4.78. The molecule has 6 nitrogen and oxygen atoms in total. The third kappa shape index (κ3) is 6.86. The van der Waals surface area contributed by atoms with Crippen LogP contribution in [0.5, 0.6) is 0 Å². The van der Waals surface area contributed by atoms with Crippen molar-refractivity contribution in [2.24, 2.45) is 18.0 Å². The van der Waals surface area contributed by atoms with Crippen molar-refractivity contribution in [1.29, 1.82) is 0 Å². The zero-order chi connectivity index (χ0) is 18.2. The lowest BCUT2D eigenvalue weighted by molar-refractivity contribution is 0.306. The van der Waals surface area contributed by atoms with Crippen molar-refractivity contribution in [2.75, 3.05) is 13.1 Å². The molecule has 1 aliphatic carbocycles. The average molecular weight is 485 g/mol. The molecule has 2 N–H and O–H groups in total. The molecule has 2 unspecified atom stereocenters. The maximum Gasteiger partial charge on any atom is 0.191 e. The fraction of sp³-hybridized carbons (Fsp3) is 0.600. The Bertz CT molecular complexity index is 682.